The minimum atomic E-state index is -0.0792. The molecule has 3 aromatic rings. The molecule has 3 fully saturated rings. The van der Waals surface area contributed by atoms with Gasteiger partial charge in [-0.2, -0.15) is 0 Å². The monoisotopic (exact) mass is 689 g/mol. The Labute approximate surface area is 294 Å². The van der Waals surface area contributed by atoms with Gasteiger partial charge in [0.05, 0.1) is 28.4 Å². The number of benzene rings is 1. The molecule has 4 heterocycles. The van der Waals surface area contributed by atoms with Gasteiger partial charge in [0.1, 0.15) is 5.76 Å². The van der Waals surface area contributed by atoms with Crippen LogP contribution in [0.15, 0.2) is 45.3 Å². The number of thiazole rings is 1. The van der Waals surface area contributed by atoms with Crippen molar-refractivity contribution in [3.8, 4) is 0 Å². The quantitative estimate of drug-likeness (QED) is 0.148. The Balaban J connectivity index is 0.881. The van der Waals surface area contributed by atoms with E-state index in [-0.39, 0.29) is 23.9 Å². The molecule has 1 aromatic carbocycles. The van der Waals surface area contributed by atoms with E-state index in [0.717, 1.165) is 61.6 Å². The minimum Gasteiger partial charge on any atom is -0.444 e. The van der Waals surface area contributed by atoms with Gasteiger partial charge in [-0.15, -0.1) is 11.8 Å². The van der Waals surface area contributed by atoms with Crippen molar-refractivity contribution in [3.63, 3.8) is 0 Å². The highest BCUT2D eigenvalue weighted by atomic mass is 32.2. The number of nitrogens with zero attached hydrogens (tertiary/aromatic N) is 6. The number of rotatable bonds is 13. The van der Waals surface area contributed by atoms with Crippen molar-refractivity contribution < 1.29 is 9.21 Å². The molecule has 1 amide bonds. The van der Waals surface area contributed by atoms with Crippen LogP contribution in [0.4, 0.5) is 5.13 Å². The van der Waals surface area contributed by atoms with E-state index in [4.69, 9.17) is 11.0 Å². The lowest BCUT2D eigenvalue weighted by Crippen LogP contribution is -2.48. The molecule has 1 N–H and O–H groups in total. The molecule has 2 aliphatic heterocycles. The van der Waals surface area contributed by atoms with Gasteiger partial charge in [-0.25, -0.2) is 16.5 Å². The van der Waals surface area contributed by atoms with Crippen LogP contribution in [0.2, 0.25) is 0 Å². The Morgan fingerprint density at radius 2 is 1.81 bits per heavy atom. The summed E-state index contributed by atoms with van der Waals surface area (Å²) in [4.78, 5) is 31.9. The van der Waals surface area contributed by atoms with Crippen molar-refractivity contribution in [1.29, 1.82) is 0 Å². The normalized spacial score (nSPS) is 19.2. The standard InChI is InChI=1S/C37H51N7O2S2/c1-37(2,3)31-21-39-32(46-31)25-47-34-23-41-36(48-34)40-20-26-12-18-44(19-13-26)30-14-16-43(17-15-30)24-27-6-8-28(9-7-27)35(29-10-11-29)42(5)33(45)22-38-4/h6-9,21,23,26,29-30,35H,10-20,22,24-25H2,1-3,5H3,(H,40,41). The van der Waals surface area contributed by atoms with E-state index >= 15 is 0 Å². The molecule has 1 atom stereocenters. The average Bonchev–Trinajstić information content (AvgIpc) is 3.59. The molecule has 2 saturated heterocycles. The predicted molar refractivity (Wildman–Crippen MR) is 194 cm³/mol. The molecular formula is C37H51N7O2S2. The highest BCUT2D eigenvalue weighted by Crippen LogP contribution is 2.44. The van der Waals surface area contributed by atoms with Crippen LogP contribution in [0, 0.1) is 18.4 Å². The first-order valence-corrected chi connectivity index (χ1v) is 19.4. The van der Waals surface area contributed by atoms with Crippen LogP contribution in [0.3, 0.4) is 0 Å². The molecule has 0 radical (unpaired) electrons. The van der Waals surface area contributed by atoms with E-state index in [1.807, 2.05) is 19.4 Å². The van der Waals surface area contributed by atoms with Crippen molar-refractivity contribution >= 4 is 34.1 Å². The van der Waals surface area contributed by atoms with Crippen molar-refractivity contribution in [3.05, 3.63) is 70.9 Å². The van der Waals surface area contributed by atoms with Gasteiger partial charge in [-0.1, -0.05) is 56.4 Å². The molecule has 258 valence electrons. The van der Waals surface area contributed by atoms with Crippen LogP contribution in [-0.2, 0) is 22.5 Å². The molecule has 48 heavy (non-hydrogen) atoms. The predicted octanol–water partition coefficient (Wildman–Crippen LogP) is 7.34. The molecule has 1 saturated carbocycles. The van der Waals surface area contributed by atoms with E-state index < -0.39 is 0 Å². The molecule has 1 aliphatic carbocycles. The zero-order valence-electron chi connectivity index (χ0n) is 29.0. The second-order valence-corrected chi connectivity index (χ2v) is 17.2. The van der Waals surface area contributed by atoms with Crippen LogP contribution in [-0.4, -0.2) is 82.9 Å². The molecule has 9 nitrogen and oxygen atoms in total. The summed E-state index contributed by atoms with van der Waals surface area (Å²) in [6.45, 7) is 20.1. The lowest BCUT2D eigenvalue weighted by Gasteiger charge is -2.42. The fraction of sp³-hybridized carbons (Fsp3) is 0.622. The Morgan fingerprint density at radius 1 is 1.08 bits per heavy atom. The Hall–Kier alpha value is -2.91. The summed E-state index contributed by atoms with van der Waals surface area (Å²) in [5.41, 5.74) is 2.51. The second kappa shape index (κ2) is 15.8. The Morgan fingerprint density at radius 3 is 2.46 bits per heavy atom. The second-order valence-electron chi connectivity index (χ2n) is 14.9. The fourth-order valence-corrected chi connectivity index (χ4v) is 8.83. The summed E-state index contributed by atoms with van der Waals surface area (Å²) >= 11 is 3.45. The number of carbonyl (C=O) groups excluding carboxylic acids is 1. The fourth-order valence-electron chi connectivity index (χ4n) is 7.10. The van der Waals surface area contributed by atoms with Crippen molar-refractivity contribution in [2.24, 2.45) is 11.8 Å². The number of oxazole rings is 1. The summed E-state index contributed by atoms with van der Waals surface area (Å²) in [5.74, 6) is 3.55. The van der Waals surface area contributed by atoms with Crippen LogP contribution in [0.1, 0.15) is 88.1 Å². The van der Waals surface area contributed by atoms with Crippen LogP contribution >= 0.6 is 23.1 Å². The highest BCUT2D eigenvalue weighted by molar-refractivity contribution is 8.00. The van der Waals surface area contributed by atoms with Crippen LogP contribution < -0.4 is 5.32 Å². The van der Waals surface area contributed by atoms with Gasteiger partial charge in [0, 0.05) is 31.6 Å². The Kier molecular flexibility index (Phi) is 11.5. The summed E-state index contributed by atoms with van der Waals surface area (Å²) in [6, 6.07) is 9.69. The number of thioether (sulfide) groups is 1. The minimum absolute atomic E-state index is 0.0232. The van der Waals surface area contributed by atoms with Gasteiger partial charge in [0.15, 0.2) is 5.13 Å². The number of likely N-dealkylation sites (N-methyl/N-ethyl adjacent to an activating group) is 1. The number of likely N-dealkylation sites (tertiary alicyclic amines) is 2. The topological polar surface area (TPSA) is 82.1 Å². The van der Waals surface area contributed by atoms with E-state index in [1.165, 1.54) is 54.1 Å². The van der Waals surface area contributed by atoms with Crippen molar-refractivity contribution in [2.45, 2.75) is 93.3 Å². The maximum absolute atomic E-state index is 12.4. The first-order valence-electron chi connectivity index (χ1n) is 17.6. The number of anilines is 1. The number of nitrogens with one attached hydrogen (secondary N) is 1. The van der Waals surface area contributed by atoms with E-state index in [2.05, 4.69) is 75.0 Å². The average molecular weight is 690 g/mol. The first-order chi connectivity index (χ1) is 23.2. The Bertz CT molecular complexity index is 1520. The van der Waals surface area contributed by atoms with Gasteiger partial charge < -0.3 is 24.4 Å². The van der Waals surface area contributed by atoms with Gasteiger partial charge in [0.2, 0.25) is 5.89 Å². The molecule has 2 aromatic heterocycles. The number of hydrogen-bond donors (Lipinski definition) is 1. The van der Waals surface area contributed by atoms with Gasteiger partial charge in [-0.05, 0) is 87.7 Å². The molecule has 3 aliphatic rings. The van der Waals surface area contributed by atoms with E-state index in [9.17, 15) is 4.79 Å². The van der Waals surface area contributed by atoms with Gasteiger partial charge >= 0.3 is 5.91 Å². The third kappa shape index (κ3) is 9.20. The van der Waals surface area contributed by atoms with Gasteiger partial charge in [0.25, 0.3) is 6.54 Å². The smallest absolute Gasteiger partial charge is 0.303 e. The zero-order chi connectivity index (χ0) is 33.7. The molecule has 1 unspecified atom stereocenters. The number of piperidine rings is 2. The van der Waals surface area contributed by atoms with Gasteiger partial charge in [-0.3, -0.25) is 9.69 Å². The lowest BCUT2D eigenvalue weighted by atomic mass is 9.93. The lowest BCUT2D eigenvalue weighted by molar-refractivity contribution is -0.130. The zero-order valence-corrected chi connectivity index (χ0v) is 30.6. The number of aromatic nitrogens is 2. The van der Waals surface area contributed by atoms with Crippen molar-refractivity contribution in [1.82, 2.24) is 24.7 Å². The summed E-state index contributed by atoms with van der Waals surface area (Å²) in [5, 5.41) is 4.62. The molecule has 11 heteroatoms. The SMILES string of the molecule is [C-]#[N+]CC(=O)N(C)C(c1ccc(CN2CCC(N3CCC(CNc4ncc(SCc5ncc(C(C)(C)C)o5)s4)CC3)CC2)cc1)C1CC1. The van der Waals surface area contributed by atoms with Crippen LogP contribution in [0.25, 0.3) is 4.85 Å². The summed E-state index contributed by atoms with van der Waals surface area (Å²) < 4.78 is 7.12. The third-order valence-corrected chi connectivity index (χ3v) is 12.3. The van der Waals surface area contributed by atoms with Crippen molar-refractivity contribution in [2.75, 3.05) is 51.6 Å². The number of carbonyl (C=O) groups is 1. The molecule has 0 bridgehead atoms. The molecule has 0 spiro atoms. The molecular weight excluding hydrogens is 639 g/mol. The largest absolute Gasteiger partial charge is 0.444 e. The van der Waals surface area contributed by atoms with E-state index in [0.29, 0.717) is 17.9 Å². The third-order valence-electron chi connectivity index (χ3n) is 10.2. The number of amides is 1. The summed E-state index contributed by atoms with van der Waals surface area (Å²) in [6.07, 6.45) is 11.1. The first kappa shape index (κ1) is 34.9. The maximum atomic E-state index is 12.4. The van der Waals surface area contributed by atoms with E-state index in [1.54, 1.807) is 28.0 Å². The summed E-state index contributed by atoms with van der Waals surface area (Å²) in [7, 11) is 1.86. The highest BCUT2D eigenvalue weighted by Gasteiger charge is 2.37. The molecule has 6 rings (SSSR count). The van der Waals surface area contributed by atoms with Crippen LogP contribution in [0.5, 0.6) is 0 Å². The maximum Gasteiger partial charge on any atom is 0.303 e. The number of hydrogen-bond acceptors (Lipinski definition) is 9.